The van der Waals surface area contributed by atoms with Gasteiger partial charge in [0.15, 0.2) is 0 Å². The number of esters is 1. The third kappa shape index (κ3) is 7.77. The molecular weight excluding hydrogens is 590 g/mol. The molecule has 3 aromatic carbocycles. The number of amides is 2. The predicted molar refractivity (Wildman–Crippen MR) is 148 cm³/mol. The number of non-ortho nitro benzene ring substituents is 2. The molecule has 0 fully saturated rings. The number of ether oxygens (including phenoxy) is 1. The van der Waals surface area contributed by atoms with Crippen molar-refractivity contribution in [2.45, 2.75) is 20.8 Å². The highest BCUT2D eigenvalue weighted by Crippen LogP contribution is 2.26. The Morgan fingerprint density at radius 2 is 1.50 bits per heavy atom. The molecule has 206 valence electrons. The van der Waals surface area contributed by atoms with Gasteiger partial charge in [-0.25, -0.2) is 10.2 Å². The number of halogens is 1. The van der Waals surface area contributed by atoms with Crippen LogP contribution in [0.3, 0.4) is 0 Å². The maximum absolute atomic E-state index is 12.7. The molecule has 0 aromatic heterocycles. The fourth-order valence-electron chi connectivity index (χ4n) is 3.04. The Balaban J connectivity index is 1.74. The number of carbonyl (C=O) groups is 3. The second-order valence-corrected chi connectivity index (χ2v) is 10.2. The number of nitro groups is 2. The van der Waals surface area contributed by atoms with Crippen molar-refractivity contribution >= 4 is 57.0 Å². The van der Waals surface area contributed by atoms with Crippen LogP contribution >= 0.6 is 15.9 Å². The van der Waals surface area contributed by atoms with Crippen molar-refractivity contribution in [1.82, 2.24) is 5.43 Å². The van der Waals surface area contributed by atoms with Crippen LogP contribution in [-0.2, 0) is 4.79 Å². The van der Waals surface area contributed by atoms with Gasteiger partial charge in [-0.3, -0.25) is 29.8 Å². The Morgan fingerprint density at radius 1 is 0.900 bits per heavy atom. The summed E-state index contributed by atoms with van der Waals surface area (Å²) in [5.74, 6) is -1.84. The van der Waals surface area contributed by atoms with E-state index in [2.05, 4.69) is 31.8 Å². The van der Waals surface area contributed by atoms with Gasteiger partial charge in [0.25, 0.3) is 17.3 Å². The third-order valence-electron chi connectivity index (χ3n) is 5.19. The largest absolute Gasteiger partial charge is 0.422 e. The molecule has 3 rings (SSSR count). The Labute approximate surface area is 235 Å². The van der Waals surface area contributed by atoms with Crippen LogP contribution < -0.4 is 15.5 Å². The maximum atomic E-state index is 12.7. The predicted octanol–water partition coefficient (Wildman–Crippen LogP) is 5.23. The van der Waals surface area contributed by atoms with Crippen LogP contribution in [0.4, 0.5) is 17.1 Å². The molecule has 0 saturated heterocycles. The number of nitrogens with one attached hydrogen (secondary N) is 2. The van der Waals surface area contributed by atoms with Gasteiger partial charge in [-0.15, -0.1) is 0 Å². The normalized spacial score (nSPS) is 11.1. The smallest absolute Gasteiger partial charge is 0.344 e. The van der Waals surface area contributed by atoms with Crippen LogP contribution in [0.5, 0.6) is 5.75 Å². The van der Waals surface area contributed by atoms with Gasteiger partial charge in [0.05, 0.1) is 27.7 Å². The van der Waals surface area contributed by atoms with Crippen molar-refractivity contribution < 1.29 is 29.0 Å². The van der Waals surface area contributed by atoms with Gasteiger partial charge in [-0.05, 0) is 42.5 Å². The standard InChI is InChI=1S/C26H22BrN5O8/c1-26(2,3)25(35)29-19-7-4-15(5-8-19)23(33)30-28-14-17-10-18(27)6-9-22(17)40-24(34)16-11-20(31(36)37)13-21(12-16)32(38)39/h4-14H,1-3H3,(H,29,35)(H,30,33)/b28-14-. The van der Waals surface area contributed by atoms with E-state index in [4.69, 9.17) is 4.74 Å². The van der Waals surface area contributed by atoms with Crippen LogP contribution in [0, 0.1) is 25.6 Å². The zero-order valence-electron chi connectivity index (χ0n) is 21.3. The molecule has 0 spiro atoms. The first-order chi connectivity index (χ1) is 18.7. The number of rotatable bonds is 8. The first-order valence-electron chi connectivity index (χ1n) is 11.4. The van der Waals surface area contributed by atoms with Crippen LogP contribution in [0.25, 0.3) is 0 Å². The summed E-state index contributed by atoms with van der Waals surface area (Å²) in [5, 5.41) is 28.9. The maximum Gasteiger partial charge on any atom is 0.344 e. The zero-order valence-corrected chi connectivity index (χ0v) is 22.9. The van der Waals surface area contributed by atoms with E-state index in [1.165, 1.54) is 30.5 Å². The number of carbonyl (C=O) groups excluding carboxylic acids is 3. The molecule has 0 saturated carbocycles. The van der Waals surface area contributed by atoms with Gasteiger partial charge < -0.3 is 10.1 Å². The Kier molecular flexibility index (Phi) is 9.06. The van der Waals surface area contributed by atoms with Gasteiger partial charge in [0.1, 0.15) is 5.75 Å². The number of nitrogens with zero attached hydrogens (tertiary/aromatic N) is 3. The molecule has 0 unspecified atom stereocenters. The lowest BCUT2D eigenvalue weighted by atomic mass is 9.95. The highest BCUT2D eigenvalue weighted by atomic mass is 79.9. The number of hydrazone groups is 1. The van der Waals surface area contributed by atoms with Crippen molar-refractivity contribution in [1.29, 1.82) is 0 Å². The average molecular weight is 612 g/mol. The Morgan fingerprint density at radius 3 is 2.05 bits per heavy atom. The molecule has 40 heavy (non-hydrogen) atoms. The van der Waals surface area contributed by atoms with E-state index in [1.54, 1.807) is 39.0 Å². The molecule has 3 aromatic rings. The van der Waals surface area contributed by atoms with Crippen molar-refractivity contribution in [2.24, 2.45) is 10.5 Å². The topological polar surface area (TPSA) is 183 Å². The lowest BCUT2D eigenvalue weighted by Crippen LogP contribution is -2.27. The van der Waals surface area contributed by atoms with Crippen LogP contribution in [0.15, 0.2) is 70.2 Å². The minimum absolute atomic E-state index is 0.0284. The van der Waals surface area contributed by atoms with Gasteiger partial charge in [-0.1, -0.05) is 36.7 Å². The Bertz CT molecular complexity index is 1500. The van der Waals surface area contributed by atoms with E-state index in [9.17, 15) is 34.6 Å². The summed E-state index contributed by atoms with van der Waals surface area (Å²) in [6.07, 6.45) is 1.21. The monoisotopic (exact) mass is 611 g/mol. The fraction of sp³-hybridized carbons (Fsp3) is 0.154. The van der Waals surface area contributed by atoms with Crippen molar-refractivity contribution in [3.05, 3.63) is 102 Å². The van der Waals surface area contributed by atoms with E-state index < -0.39 is 44.1 Å². The average Bonchev–Trinajstić information content (AvgIpc) is 2.89. The van der Waals surface area contributed by atoms with Gasteiger partial charge in [-0.2, -0.15) is 5.10 Å². The SMILES string of the molecule is CC(C)(C)C(=O)Nc1ccc(C(=O)N/N=C\c2cc(Br)ccc2OC(=O)c2cc([N+](=O)[O-])cc([N+](=O)[O-])c2)cc1. The zero-order chi connectivity index (χ0) is 29.6. The quantitative estimate of drug-likeness (QED) is 0.114. The second-order valence-electron chi connectivity index (χ2n) is 9.30. The Hall–Kier alpha value is -4.98. The molecular formula is C26H22BrN5O8. The summed E-state index contributed by atoms with van der Waals surface area (Å²) in [4.78, 5) is 57.8. The molecule has 0 bridgehead atoms. The number of benzene rings is 3. The molecule has 0 aliphatic rings. The van der Waals surface area contributed by atoms with Crippen molar-refractivity contribution in [3.8, 4) is 5.75 Å². The number of hydrogen-bond acceptors (Lipinski definition) is 9. The number of hydrogen-bond donors (Lipinski definition) is 2. The first-order valence-corrected chi connectivity index (χ1v) is 12.2. The second kappa shape index (κ2) is 12.3. The molecule has 0 heterocycles. The highest BCUT2D eigenvalue weighted by molar-refractivity contribution is 9.10. The minimum atomic E-state index is -1.08. The summed E-state index contributed by atoms with van der Waals surface area (Å²) in [5.41, 5.74) is 1.09. The fourth-order valence-corrected chi connectivity index (χ4v) is 3.42. The molecule has 2 amide bonds. The molecule has 0 atom stereocenters. The number of anilines is 1. The van der Waals surface area contributed by atoms with Crippen molar-refractivity contribution in [3.63, 3.8) is 0 Å². The molecule has 13 nitrogen and oxygen atoms in total. The molecule has 0 aliphatic carbocycles. The lowest BCUT2D eigenvalue weighted by molar-refractivity contribution is -0.394. The van der Waals surface area contributed by atoms with Crippen LogP contribution in [0.1, 0.15) is 47.1 Å². The van der Waals surface area contributed by atoms with Crippen LogP contribution in [0.2, 0.25) is 0 Å². The molecule has 2 N–H and O–H groups in total. The van der Waals surface area contributed by atoms with Gasteiger partial charge in [0, 0.05) is 38.8 Å². The third-order valence-corrected chi connectivity index (χ3v) is 5.68. The number of nitro benzene ring substituents is 2. The first kappa shape index (κ1) is 29.6. The van der Waals surface area contributed by atoms with E-state index in [0.717, 1.165) is 18.2 Å². The summed E-state index contributed by atoms with van der Waals surface area (Å²) in [6.45, 7) is 5.33. The summed E-state index contributed by atoms with van der Waals surface area (Å²) >= 11 is 3.28. The summed E-state index contributed by atoms with van der Waals surface area (Å²) in [6, 6.07) is 13.1. The van der Waals surface area contributed by atoms with E-state index in [-0.39, 0.29) is 22.8 Å². The van der Waals surface area contributed by atoms with Crippen LogP contribution in [-0.4, -0.2) is 33.8 Å². The van der Waals surface area contributed by atoms with Gasteiger partial charge in [0.2, 0.25) is 5.91 Å². The minimum Gasteiger partial charge on any atom is -0.422 e. The summed E-state index contributed by atoms with van der Waals surface area (Å²) in [7, 11) is 0. The van der Waals surface area contributed by atoms with E-state index in [0.29, 0.717) is 10.2 Å². The van der Waals surface area contributed by atoms with E-state index in [1.807, 2.05) is 0 Å². The highest BCUT2D eigenvalue weighted by Gasteiger charge is 2.22. The lowest BCUT2D eigenvalue weighted by Gasteiger charge is -2.17. The molecule has 0 radical (unpaired) electrons. The van der Waals surface area contributed by atoms with E-state index >= 15 is 0 Å². The van der Waals surface area contributed by atoms with Gasteiger partial charge >= 0.3 is 5.97 Å². The van der Waals surface area contributed by atoms with Crippen molar-refractivity contribution in [2.75, 3.05) is 5.32 Å². The molecule has 0 aliphatic heterocycles. The molecule has 14 heteroatoms. The summed E-state index contributed by atoms with van der Waals surface area (Å²) < 4.78 is 5.91.